The van der Waals surface area contributed by atoms with Crippen molar-refractivity contribution in [2.24, 2.45) is 11.3 Å². The van der Waals surface area contributed by atoms with Gasteiger partial charge in [-0.25, -0.2) is 4.79 Å². The van der Waals surface area contributed by atoms with Gasteiger partial charge in [0.15, 0.2) is 0 Å². The maximum atomic E-state index is 11.9. The van der Waals surface area contributed by atoms with E-state index < -0.39 is 0 Å². The summed E-state index contributed by atoms with van der Waals surface area (Å²) in [5, 5.41) is 6.19. The molecule has 0 saturated heterocycles. The highest BCUT2D eigenvalue weighted by Crippen LogP contribution is 2.37. The van der Waals surface area contributed by atoms with Crippen LogP contribution in [-0.2, 0) is 0 Å². The van der Waals surface area contributed by atoms with E-state index in [2.05, 4.69) is 38.3 Å². The molecule has 0 aromatic rings. The molecule has 0 aliphatic heterocycles. The third kappa shape index (κ3) is 4.51. The average Bonchev–Trinajstić information content (AvgIpc) is 2.27. The number of carbonyl (C=O) groups excluding carboxylic acids is 1. The first-order valence-electron chi connectivity index (χ1n) is 7.41. The van der Waals surface area contributed by atoms with Crippen molar-refractivity contribution < 1.29 is 4.79 Å². The van der Waals surface area contributed by atoms with E-state index >= 15 is 0 Å². The fourth-order valence-electron chi connectivity index (χ4n) is 2.88. The maximum Gasteiger partial charge on any atom is 0.315 e. The lowest BCUT2D eigenvalue weighted by atomic mass is 9.69. The van der Waals surface area contributed by atoms with Crippen LogP contribution in [0.5, 0.6) is 0 Å². The summed E-state index contributed by atoms with van der Waals surface area (Å²) in [6.45, 7) is 11.0. The minimum Gasteiger partial charge on any atom is -0.336 e. The van der Waals surface area contributed by atoms with Gasteiger partial charge in [-0.2, -0.15) is 0 Å². The Bertz CT molecular complexity index is 270. The van der Waals surface area contributed by atoms with Crippen LogP contribution < -0.4 is 10.6 Å². The number of rotatable bonds is 3. The number of urea groups is 1. The number of hydrogen-bond donors (Lipinski definition) is 2. The van der Waals surface area contributed by atoms with Gasteiger partial charge in [-0.15, -0.1) is 0 Å². The van der Waals surface area contributed by atoms with Gasteiger partial charge in [-0.1, -0.05) is 40.5 Å². The molecule has 1 saturated carbocycles. The lowest BCUT2D eigenvalue weighted by Crippen LogP contribution is -2.51. The van der Waals surface area contributed by atoms with Crippen molar-refractivity contribution in [1.29, 1.82) is 0 Å². The highest BCUT2D eigenvalue weighted by molar-refractivity contribution is 5.74. The molecule has 0 aromatic carbocycles. The molecule has 18 heavy (non-hydrogen) atoms. The third-order valence-corrected chi connectivity index (χ3v) is 4.18. The standard InChI is InChI=1S/C15H30N2O/c1-6-11(2)16-14(18)17-13-10-8-7-9-12(13)15(3,4)5/h11-13H,6-10H2,1-5H3,(H2,16,17,18)/t11-,12+,13+/m1/s1. The second-order valence-corrected chi connectivity index (χ2v) is 6.79. The van der Waals surface area contributed by atoms with Gasteiger partial charge in [0.25, 0.3) is 0 Å². The minimum absolute atomic E-state index is 0.00509. The Kier molecular flexibility index (Phi) is 5.48. The molecule has 0 spiro atoms. The molecule has 0 heterocycles. The summed E-state index contributed by atoms with van der Waals surface area (Å²) in [5.41, 5.74) is 0.273. The first-order valence-corrected chi connectivity index (χ1v) is 7.41. The zero-order valence-corrected chi connectivity index (χ0v) is 12.7. The maximum absolute atomic E-state index is 11.9. The third-order valence-electron chi connectivity index (χ3n) is 4.18. The van der Waals surface area contributed by atoms with Gasteiger partial charge in [0, 0.05) is 12.1 Å². The van der Waals surface area contributed by atoms with Crippen molar-refractivity contribution in [3.05, 3.63) is 0 Å². The Balaban J connectivity index is 2.54. The van der Waals surface area contributed by atoms with Gasteiger partial charge in [-0.05, 0) is 37.5 Å². The number of nitrogens with one attached hydrogen (secondary N) is 2. The van der Waals surface area contributed by atoms with Gasteiger partial charge in [0.1, 0.15) is 0 Å². The quantitative estimate of drug-likeness (QED) is 0.792. The monoisotopic (exact) mass is 254 g/mol. The van der Waals surface area contributed by atoms with Crippen LogP contribution in [0.2, 0.25) is 0 Å². The van der Waals surface area contributed by atoms with Crippen LogP contribution in [0, 0.1) is 11.3 Å². The van der Waals surface area contributed by atoms with Crippen LogP contribution in [0.3, 0.4) is 0 Å². The molecule has 0 unspecified atom stereocenters. The summed E-state index contributed by atoms with van der Waals surface area (Å²) in [6, 6.07) is 0.593. The molecule has 1 aliphatic rings. The fourth-order valence-corrected chi connectivity index (χ4v) is 2.88. The molecule has 2 N–H and O–H groups in total. The Hall–Kier alpha value is -0.730. The number of carbonyl (C=O) groups is 1. The second kappa shape index (κ2) is 6.44. The van der Waals surface area contributed by atoms with Crippen LogP contribution >= 0.6 is 0 Å². The summed E-state index contributed by atoms with van der Waals surface area (Å²) in [6.07, 6.45) is 5.86. The molecule has 0 bridgehead atoms. The van der Waals surface area contributed by atoms with Crippen LogP contribution in [0.1, 0.15) is 66.7 Å². The molecule has 106 valence electrons. The van der Waals surface area contributed by atoms with Crippen LogP contribution in [-0.4, -0.2) is 18.1 Å². The molecule has 0 radical (unpaired) electrons. The van der Waals surface area contributed by atoms with Gasteiger partial charge >= 0.3 is 6.03 Å². The van der Waals surface area contributed by atoms with E-state index in [1.54, 1.807) is 0 Å². The predicted molar refractivity (Wildman–Crippen MR) is 76.6 cm³/mol. The molecule has 2 amide bonds. The highest BCUT2D eigenvalue weighted by atomic mass is 16.2. The predicted octanol–water partition coefficient (Wildman–Crippen LogP) is 3.69. The van der Waals surface area contributed by atoms with E-state index in [0.29, 0.717) is 12.0 Å². The molecular formula is C15H30N2O. The smallest absolute Gasteiger partial charge is 0.315 e. The number of amides is 2. The molecule has 0 aromatic heterocycles. The van der Waals surface area contributed by atoms with Crippen molar-refractivity contribution in [2.45, 2.75) is 78.8 Å². The second-order valence-electron chi connectivity index (χ2n) is 6.79. The normalized spacial score (nSPS) is 26.5. The van der Waals surface area contributed by atoms with Crippen molar-refractivity contribution >= 4 is 6.03 Å². The van der Waals surface area contributed by atoms with Crippen molar-refractivity contribution in [2.75, 3.05) is 0 Å². The van der Waals surface area contributed by atoms with Crippen LogP contribution in [0.4, 0.5) is 4.79 Å². The van der Waals surface area contributed by atoms with E-state index in [-0.39, 0.29) is 17.5 Å². The largest absolute Gasteiger partial charge is 0.336 e. The SMILES string of the molecule is CC[C@@H](C)NC(=O)N[C@H]1CCCC[C@@H]1C(C)(C)C. The molecule has 3 heteroatoms. The Morgan fingerprint density at radius 2 is 1.89 bits per heavy atom. The molecule has 1 aliphatic carbocycles. The van der Waals surface area contributed by atoms with Gasteiger partial charge in [0.05, 0.1) is 0 Å². The van der Waals surface area contributed by atoms with Crippen LogP contribution in [0.25, 0.3) is 0 Å². The summed E-state index contributed by atoms with van der Waals surface area (Å²) < 4.78 is 0. The number of hydrogen-bond acceptors (Lipinski definition) is 1. The molecule has 3 nitrogen and oxygen atoms in total. The van der Waals surface area contributed by atoms with E-state index in [4.69, 9.17) is 0 Å². The molecule has 3 atom stereocenters. The molecular weight excluding hydrogens is 224 g/mol. The topological polar surface area (TPSA) is 41.1 Å². The zero-order valence-electron chi connectivity index (χ0n) is 12.7. The zero-order chi connectivity index (χ0) is 13.8. The fraction of sp³-hybridized carbons (Fsp3) is 0.933. The van der Waals surface area contributed by atoms with Gasteiger partial charge < -0.3 is 10.6 Å². The van der Waals surface area contributed by atoms with Gasteiger partial charge in [0.2, 0.25) is 0 Å². The Labute approximate surface area is 112 Å². The Morgan fingerprint density at radius 3 is 2.44 bits per heavy atom. The summed E-state index contributed by atoms with van der Waals surface area (Å²) in [5.74, 6) is 0.592. The molecule has 1 fully saturated rings. The lowest BCUT2D eigenvalue weighted by Gasteiger charge is -2.40. The van der Waals surface area contributed by atoms with E-state index in [9.17, 15) is 4.79 Å². The van der Waals surface area contributed by atoms with Crippen molar-refractivity contribution in [3.8, 4) is 0 Å². The highest BCUT2D eigenvalue weighted by Gasteiger charge is 2.34. The van der Waals surface area contributed by atoms with Crippen molar-refractivity contribution in [3.63, 3.8) is 0 Å². The first kappa shape index (κ1) is 15.3. The van der Waals surface area contributed by atoms with Crippen molar-refractivity contribution in [1.82, 2.24) is 10.6 Å². The van der Waals surface area contributed by atoms with Gasteiger partial charge in [-0.3, -0.25) is 0 Å². The van der Waals surface area contributed by atoms with Crippen LogP contribution in [0.15, 0.2) is 0 Å². The summed E-state index contributed by atoms with van der Waals surface area (Å²) in [7, 11) is 0. The van der Waals surface area contributed by atoms with E-state index in [1.165, 1.54) is 19.3 Å². The Morgan fingerprint density at radius 1 is 1.28 bits per heavy atom. The van der Waals surface area contributed by atoms with E-state index in [0.717, 1.165) is 12.8 Å². The lowest BCUT2D eigenvalue weighted by molar-refractivity contribution is 0.133. The molecule has 1 rings (SSSR count). The minimum atomic E-state index is 0.00509. The summed E-state index contributed by atoms with van der Waals surface area (Å²) >= 11 is 0. The average molecular weight is 254 g/mol. The first-order chi connectivity index (χ1) is 8.34. The van der Waals surface area contributed by atoms with E-state index in [1.807, 2.05) is 6.92 Å². The summed E-state index contributed by atoms with van der Waals surface area (Å²) in [4.78, 5) is 11.9.